The molecule has 0 aliphatic heterocycles. The molecule has 21 heavy (non-hydrogen) atoms. The third kappa shape index (κ3) is 4.70. The number of hydrogen-bond donors (Lipinski definition) is 3. The summed E-state index contributed by atoms with van der Waals surface area (Å²) in [6, 6.07) is -0.786. The number of aryl methyl sites for hydroxylation is 1. The Balaban J connectivity index is 1.86. The summed E-state index contributed by atoms with van der Waals surface area (Å²) < 4.78 is 0. The second-order valence-electron chi connectivity index (χ2n) is 5.40. The summed E-state index contributed by atoms with van der Waals surface area (Å²) in [5.41, 5.74) is 0. The van der Waals surface area contributed by atoms with Gasteiger partial charge in [0.25, 0.3) is 0 Å². The predicted molar refractivity (Wildman–Crippen MR) is 80.3 cm³/mol. The first kappa shape index (κ1) is 15.8. The molecule has 6 nitrogen and oxygen atoms in total. The molecule has 1 fully saturated rings. The van der Waals surface area contributed by atoms with Crippen molar-refractivity contribution in [3.05, 3.63) is 16.1 Å². The number of rotatable bonds is 7. The van der Waals surface area contributed by atoms with Crippen LogP contribution in [0.5, 0.6) is 0 Å². The minimum Gasteiger partial charge on any atom is -0.481 e. The van der Waals surface area contributed by atoms with Crippen LogP contribution in [-0.4, -0.2) is 28.1 Å². The van der Waals surface area contributed by atoms with Crippen LogP contribution >= 0.6 is 11.3 Å². The number of nitrogens with zero attached hydrogens (tertiary/aromatic N) is 1. The van der Waals surface area contributed by atoms with E-state index in [0.29, 0.717) is 5.92 Å². The smallest absolute Gasteiger partial charge is 0.315 e. The second kappa shape index (κ2) is 6.89. The molecule has 0 spiro atoms. The van der Waals surface area contributed by atoms with Crippen LogP contribution in [-0.2, 0) is 11.2 Å². The Hall–Kier alpha value is -1.63. The van der Waals surface area contributed by atoms with E-state index in [1.54, 1.807) is 11.3 Å². The van der Waals surface area contributed by atoms with Crippen molar-refractivity contribution in [2.75, 3.05) is 0 Å². The lowest BCUT2D eigenvalue weighted by atomic mass is 10.1. The first-order valence-electron chi connectivity index (χ1n) is 7.23. The van der Waals surface area contributed by atoms with E-state index in [9.17, 15) is 9.59 Å². The monoisotopic (exact) mass is 311 g/mol. The highest BCUT2D eigenvalue weighted by atomic mass is 32.1. The highest BCUT2D eigenvalue weighted by molar-refractivity contribution is 7.11. The standard InChI is InChI=1S/C14H21N3O3S/c1-3-10-7-15-13(21-10)8(2)16-14(20)17-11(6-12(18)19)9-4-5-9/h7-9,11H,3-6H2,1-2H3,(H,18,19)(H2,16,17,20). The van der Waals surface area contributed by atoms with Gasteiger partial charge in [0.15, 0.2) is 0 Å². The van der Waals surface area contributed by atoms with Crippen LogP contribution in [0.1, 0.15) is 49.0 Å². The topological polar surface area (TPSA) is 91.3 Å². The number of amides is 2. The van der Waals surface area contributed by atoms with Gasteiger partial charge in [-0.2, -0.15) is 0 Å². The molecule has 116 valence electrons. The van der Waals surface area contributed by atoms with E-state index < -0.39 is 5.97 Å². The third-order valence-electron chi connectivity index (χ3n) is 3.54. The zero-order valence-electron chi connectivity index (χ0n) is 12.3. The molecular formula is C14H21N3O3S. The molecule has 1 aliphatic carbocycles. The molecular weight excluding hydrogens is 290 g/mol. The molecule has 0 saturated heterocycles. The quantitative estimate of drug-likeness (QED) is 0.720. The zero-order chi connectivity index (χ0) is 15.4. The van der Waals surface area contributed by atoms with Crippen molar-refractivity contribution in [3.63, 3.8) is 0 Å². The summed E-state index contributed by atoms with van der Waals surface area (Å²) in [4.78, 5) is 28.3. The maximum atomic E-state index is 12.0. The highest BCUT2D eigenvalue weighted by Crippen LogP contribution is 2.34. The summed E-state index contributed by atoms with van der Waals surface area (Å²) in [6.45, 7) is 3.94. The van der Waals surface area contributed by atoms with E-state index in [-0.39, 0.29) is 24.5 Å². The molecule has 1 aromatic rings. The number of carboxylic acids is 1. The largest absolute Gasteiger partial charge is 0.481 e. The minimum absolute atomic E-state index is 0.0241. The van der Waals surface area contributed by atoms with Gasteiger partial charge in [-0.1, -0.05) is 6.92 Å². The molecule has 7 heteroatoms. The van der Waals surface area contributed by atoms with Gasteiger partial charge in [0.05, 0.1) is 12.5 Å². The molecule has 2 amide bonds. The van der Waals surface area contributed by atoms with E-state index in [4.69, 9.17) is 5.11 Å². The number of carbonyl (C=O) groups is 2. The zero-order valence-corrected chi connectivity index (χ0v) is 13.1. The first-order valence-corrected chi connectivity index (χ1v) is 8.04. The first-order chi connectivity index (χ1) is 9.99. The molecule has 1 aliphatic rings. The maximum Gasteiger partial charge on any atom is 0.315 e. The maximum absolute atomic E-state index is 12.0. The lowest BCUT2D eigenvalue weighted by Crippen LogP contribution is -2.44. The summed E-state index contributed by atoms with van der Waals surface area (Å²) in [6.07, 6.45) is 4.70. The molecule has 0 bridgehead atoms. The predicted octanol–water partition coefficient (Wildman–Crippen LogP) is 2.32. The Morgan fingerprint density at radius 1 is 1.48 bits per heavy atom. The van der Waals surface area contributed by atoms with Gasteiger partial charge >= 0.3 is 12.0 Å². The van der Waals surface area contributed by atoms with Crippen LogP contribution in [0.2, 0.25) is 0 Å². The van der Waals surface area contributed by atoms with Crippen molar-refractivity contribution >= 4 is 23.3 Å². The minimum atomic E-state index is -0.882. The van der Waals surface area contributed by atoms with Gasteiger partial charge in [-0.25, -0.2) is 9.78 Å². The van der Waals surface area contributed by atoms with Crippen LogP contribution in [0.25, 0.3) is 0 Å². The summed E-state index contributed by atoms with van der Waals surface area (Å²) >= 11 is 1.58. The molecule has 1 heterocycles. The number of aliphatic carboxylic acids is 1. The number of urea groups is 1. The fraction of sp³-hybridized carbons (Fsp3) is 0.643. The Labute approximate surface area is 128 Å². The van der Waals surface area contributed by atoms with Gasteiger partial charge < -0.3 is 15.7 Å². The number of nitrogens with one attached hydrogen (secondary N) is 2. The van der Waals surface area contributed by atoms with Crippen molar-refractivity contribution in [1.82, 2.24) is 15.6 Å². The average Bonchev–Trinajstić information content (AvgIpc) is 3.14. The SMILES string of the molecule is CCc1cnc(C(C)NC(=O)NC(CC(=O)O)C2CC2)s1. The van der Waals surface area contributed by atoms with E-state index in [1.807, 2.05) is 13.1 Å². The van der Waals surface area contributed by atoms with Gasteiger partial charge in [-0.15, -0.1) is 11.3 Å². The van der Waals surface area contributed by atoms with Gasteiger partial charge in [-0.3, -0.25) is 4.79 Å². The Kier molecular flexibility index (Phi) is 5.17. The van der Waals surface area contributed by atoms with Gasteiger partial charge in [0.1, 0.15) is 5.01 Å². The Morgan fingerprint density at radius 2 is 2.19 bits per heavy atom. The Bertz CT molecular complexity index is 513. The van der Waals surface area contributed by atoms with E-state index in [2.05, 4.69) is 22.5 Å². The number of aromatic nitrogens is 1. The van der Waals surface area contributed by atoms with E-state index >= 15 is 0 Å². The van der Waals surface area contributed by atoms with Crippen LogP contribution in [0.4, 0.5) is 4.79 Å². The highest BCUT2D eigenvalue weighted by Gasteiger charge is 2.34. The molecule has 3 N–H and O–H groups in total. The number of carboxylic acid groups (broad SMARTS) is 1. The lowest BCUT2D eigenvalue weighted by molar-refractivity contribution is -0.137. The number of carbonyl (C=O) groups excluding carboxylic acids is 1. The lowest BCUT2D eigenvalue weighted by Gasteiger charge is -2.18. The normalized spacial score (nSPS) is 17.0. The molecule has 1 saturated carbocycles. The van der Waals surface area contributed by atoms with Crippen LogP contribution in [0.15, 0.2) is 6.20 Å². The molecule has 2 rings (SSSR count). The fourth-order valence-electron chi connectivity index (χ4n) is 2.18. The average molecular weight is 311 g/mol. The van der Waals surface area contributed by atoms with Crippen molar-refractivity contribution in [2.24, 2.45) is 5.92 Å². The Morgan fingerprint density at radius 3 is 2.71 bits per heavy atom. The van der Waals surface area contributed by atoms with Gasteiger partial charge in [0.2, 0.25) is 0 Å². The molecule has 0 aromatic carbocycles. The van der Waals surface area contributed by atoms with Crippen molar-refractivity contribution in [3.8, 4) is 0 Å². The van der Waals surface area contributed by atoms with Crippen molar-refractivity contribution in [2.45, 2.75) is 51.6 Å². The van der Waals surface area contributed by atoms with Gasteiger partial charge in [-0.05, 0) is 32.1 Å². The van der Waals surface area contributed by atoms with Crippen LogP contribution in [0, 0.1) is 5.92 Å². The van der Waals surface area contributed by atoms with Gasteiger partial charge in [0, 0.05) is 17.1 Å². The summed E-state index contributed by atoms with van der Waals surface area (Å²) in [5.74, 6) is -0.582. The second-order valence-corrected chi connectivity index (χ2v) is 6.55. The molecule has 2 unspecified atom stereocenters. The van der Waals surface area contributed by atoms with Crippen LogP contribution in [0.3, 0.4) is 0 Å². The number of thiazole rings is 1. The van der Waals surface area contributed by atoms with Crippen molar-refractivity contribution in [1.29, 1.82) is 0 Å². The molecule has 2 atom stereocenters. The fourth-order valence-corrected chi connectivity index (χ4v) is 3.04. The van der Waals surface area contributed by atoms with E-state index in [0.717, 1.165) is 24.3 Å². The molecule has 0 radical (unpaired) electrons. The summed E-state index contributed by atoms with van der Waals surface area (Å²) in [5, 5.41) is 15.3. The summed E-state index contributed by atoms with van der Waals surface area (Å²) in [7, 11) is 0. The van der Waals surface area contributed by atoms with Crippen molar-refractivity contribution < 1.29 is 14.7 Å². The van der Waals surface area contributed by atoms with E-state index in [1.165, 1.54) is 4.88 Å². The third-order valence-corrected chi connectivity index (χ3v) is 4.86. The number of hydrogen-bond acceptors (Lipinski definition) is 4. The van der Waals surface area contributed by atoms with Crippen LogP contribution < -0.4 is 10.6 Å². The molecule has 1 aromatic heterocycles.